The van der Waals surface area contributed by atoms with Crippen LogP contribution in [0.5, 0.6) is 0 Å². The number of nitriles is 1. The van der Waals surface area contributed by atoms with Crippen LogP contribution >= 0.6 is 0 Å². The first-order valence-electron chi connectivity index (χ1n) is 9.33. The maximum absolute atomic E-state index is 8.86. The molecule has 0 radical (unpaired) electrons. The summed E-state index contributed by atoms with van der Waals surface area (Å²) in [4.78, 5) is 20.1. The first-order chi connectivity index (χ1) is 13.7. The number of aromatic nitrogens is 4. The molecule has 1 N–H and O–H groups in total. The summed E-state index contributed by atoms with van der Waals surface area (Å²) in [5.74, 6) is 0.532. The number of nitrogens with one attached hydrogen (secondary N) is 1. The molecule has 140 valence electrons. The standard InChI is InChI=1S/C21H21N7/c1-15-4-2-9-23-19(15)14-28-11-3-5-20(28)18-8-10-24-21(27-18)26-17-7-6-16(12-22)25-13-17/h2,4,6-10,13,20H,3,5,11,14H2,1H3,(H,24,26,27)/t20-/m1/s1. The van der Waals surface area contributed by atoms with Gasteiger partial charge in [-0.25, -0.2) is 15.0 Å². The number of likely N-dealkylation sites (tertiary alicyclic amines) is 1. The fraction of sp³-hybridized carbons (Fsp3) is 0.286. The lowest BCUT2D eigenvalue weighted by Gasteiger charge is -2.24. The zero-order chi connectivity index (χ0) is 19.3. The number of anilines is 2. The molecule has 1 saturated heterocycles. The Kier molecular flexibility index (Phi) is 5.22. The van der Waals surface area contributed by atoms with Gasteiger partial charge < -0.3 is 5.32 Å². The van der Waals surface area contributed by atoms with E-state index >= 15 is 0 Å². The van der Waals surface area contributed by atoms with Crippen molar-refractivity contribution in [2.24, 2.45) is 0 Å². The Morgan fingerprint density at radius 1 is 1.18 bits per heavy atom. The van der Waals surface area contributed by atoms with E-state index in [-0.39, 0.29) is 6.04 Å². The first kappa shape index (κ1) is 18.0. The van der Waals surface area contributed by atoms with Gasteiger partial charge in [-0.3, -0.25) is 9.88 Å². The van der Waals surface area contributed by atoms with E-state index in [1.807, 2.05) is 24.4 Å². The van der Waals surface area contributed by atoms with Gasteiger partial charge in [0.25, 0.3) is 0 Å². The molecule has 1 atom stereocenters. The Labute approximate surface area is 164 Å². The van der Waals surface area contributed by atoms with Gasteiger partial charge in [0, 0.05) is 18.9 Å². The molecule has 4 heterocycles. The van der Waals surface area contributed by atoms with Gasteiger partial charge in [0.1, 0.15) is 11.8 Å². The molecule has 0 bridgehead atoms. The minimum atomic E-state index is 0.254. The molecule has 1 fully saturated rings. The number of nitrogens with zero attached hydrogens (tertiary/aromatic N) is 6. The zero-order valence-electron chi connectivity index (χ0n) is 15.7. The molecule has 7 heteroatoms. The van der Waals surface area contributed by atoms with Gasteiger partial charge in [-0.15, -0.1) is 0 Å². The van der Waals surface area contributed by atoms with Gasteiger partial charge in [-0.05, 0) is 56.1 Å². The summed E-state index contributed by atoms with van der Waals surface area (Å²) < 4.78 is 0. The lowest BCUT2D eigenvalue weighted by molar-refractivity contribution is 0.241. The molecule has 3 aromatic rings. The molecule has 0 unspecified atom stereocenters. The fourth-order valence-electron chi connectivity index (χ4n) is 3.51. The van der Waals surface area contributed by atoms with Crippen molar-refractivity contribution in [1.82, 2.24) is 24.8 Å². The van der Waals surface area contributed by atoms with Gasteiger partial charge in [-0.1, -0.05) is 6.07 Å². The predicted molar refractivity (Wildman–Crippen MR) is 106 cm³/mol. The van der Waals surface area contributed by atoms with Crippen LogP contribution in [0.15, 0.2) is 48.9 Å². The third kappa shape index (κ3) is 3.97. The van der Waals surface area contributed by atoms with Crippen molar-refractivity contribution < 1.29 is 0 Å². The normalized spacial score (nSPS) is 16.6. The molecule has 4 rings (SSSR count). The zero-order valence-corrected chi connectivity index (χ0v) is 15.7. The second-order valence-electron chi connectivity index (χ2n) is 6.87. The summed E-state index contributed by atoms with van der Waals surface area (Å²) in [7, 11) is 0. The Hall–Kier alpha value is -3.37. The lowest BCUT2D eigenvalue weighted by atomic mass is 10.1. The number of aryl methyl sites for hydroxylation is 1. The van der Waals surface area contributed by atoms with Crippen LogP contribution in [0.4, 0.5) is 11.6 Å². The van der Waals surface area contributed by atoms with Gasteiger partial charge in [0.2, 0.25) is 5.95 Å². The van der Waals surface area contributed by atoms with Crippen LogP contribution in [0.1, 0.15) is 41.5 Å². The number of rotatable bonds is 5. The topological polar surface area (TPSA) is 90.6 Å². The van der Waals surface area contributed by atoms with Crippen LogP contribution in [-0.2, 0) is 6.54 Å². The average molecular weight is 371 g/mol. The molecule has 28 heavy (non-hydrogen) atoms. The number of hydrogen-bond acceptors (Lipinski definition) is 7. The van der Waals surface area contributed by atoms with E-state index in [0.29, 0.717) is 11.6 Å². The quantitative estimate of drug-likeness (QED) is 0.733. The lowest BCUT2D eigenvalue weighted by Crippen LogP contribution is -2.24. The minimum absolute atomic E-state index is 0.254. The van der Waals surface area contributed by atoms with Crippen molar-refractivity contribution in [2.75, 3.05) is 11.9 Å². The molecular formula is C21H21N7. The highest BCUT2D eigenvalue weighted by Gasteiger charge is 2.28. The van der Waals surface area contributed by atoms with E-state index in [2.05, 4.69) is 38.2 Å². The highest BCUT2D eigenvalue weighted by molar-refractivity contribution is 5.52. The number of pyridine rings is 2. The van der Waals surface area contributed by atoms with E-state index in [9.17, 15) is 0 Å². The van der Waals surface area contributed by atoms with Gasteiger partial charge in [0.05, 0.1) is 29.3 Å². The Morgan fingerprint density at radius 2 is 2.11 bits per heavy atom. The number of hydrogen-bond donors (Lipinski definition) is 1. The molecule has 0 amide bonds. The van der Waals surface area contributed by atoms with E-state index in [0.717, 1.165) is 43.0 Å². The average Bonchev–Trinajstić information content (AvgIpc) is 3.19. The van der Waals surface area contributed by atoms with E-state index < -0.39 is 0 Å². The Bertz CT molecular complexity index is 994. The maximum Gasteiger partial charge on any atom is 0.227 e. The van der Waals surface area contributed by atoms with Gasteiger partial charge >= 0.3 is 0 Å². The van der Waals surface area contributed by atoms with Crippen LogP contribution in [0.3, 0.4) is 0 Å². The van der Waals surface area contributed by atoms with Crippen LogP contribution in [0, 0.1) is 18.3 Å². The van der Waals surface area contributed by atoms with Crippen LogP contribution in [-0.4, -0.2) is 31.4 Å². The van der Waals surface area contributed by atoms with E-state index in [1.54, 1.807) is 24.5 Å². The van der Waals surface area contributed by atoms with Crippen molar-refractivity contribution in [2.45, 2.75) is 32.4 Å². The summed E-state index contributed by atoms with van der Waals surface area (Å²) in [5, 5.41) is 12.0. The molecule has 3 aromatic heterocycles. The monoisotopic (exact) mass is 371 g/mol. The smallest absolute Gasteiger partial charge is 0.227 e. The summed E-state index contributed by atoms with van der Waals surface area (Å²) in [5.41, 5.74) is 4.47. The maximum atomic E-state index is 8.86. The molecule has 1 aliphatic heterocycles. The molecule has 7 nitrogen and oxygen atoms in total. The van der Waals surface area contributed by atoms with Gasteiger partial charge in [-0.2, -0.15) is 5.26 Å². The van der Waals surface area contributed by atoms with E-state index in [1.165, 1.54) is 5.56 Å². The highest BCUT2D eigenvalue weighted by Crippen LogP contribution is 2.32. The molecule has 0 aromatic carbocycles. The van der Waals surface area contributed by atoms with Crippen LogP contribution < -0.4 is 5.32 Å². The SMILES string of the molecule is Cc1cccnc1CN1CCC[C@@H]1c1ccnc(Nc2ccc(C#N)nc2)n1. The van der Waals surface area contributed by atoms with E-state index in [4.69, 9.17) is 10.2 Å². The molecule has 0 saturated carbocycles. The molecule has 1 aliphatic rings. The van der Waals surface area contributed by atoms with Crippen molar-refractivity contribution in [3.05, 3.63) is 71.6 Å². The van der Waals surface area contributed by atoms with Crippen LogP contribution in [0.2, 0.25) is 0 Å². The summed E-state index contributed by atoms with van der Waals surface area (Å²) >= 11 is 0. The Balaban J connectivity index is 1.51. The molecule has 0 spiro atoms. The minimum Gasteiger partial charge on any atom is -0.323 e. The third-order valence-electron chi connectivity index (χ3n) is 4.99. The summed E-state index contributed by atoms with van der Waals surface area (Å²) in [6.45, 7) is 3.96. The second-order valence-corrected chi connectivity index (χ2v) is 6.87. The molecule has 0 aliphatic carbocycles. The predicted octanol–water partition coefficient (Wildman–Crippen LogP) is 3.53. The Morgan fingerprint density at radius 3 is 2.89 bits per heavy atom. The molecular weight excluding hydrogens is 350 g/mol. The third-order valence-corrected chi connectivity index (χ3v) is 4.99. The van der Waals surface area contributed by atoms with Crippen molar-refractivity contribution in [3.63, 3.8) is 0 Å². The first-order valence-corrected chi connectivity index (χ1v) is 9.33. The summed E-state index contributed by atoms with van der Waals surface area (Å²) in [6.07, 6.45) is 7.46. The van der Waals surface area contributed by atoms with Crippen molar-refractivity contribution >= 4 is 11.6 Å². The highest BCUT2D eigenvalue weighted by atomic mass is 15.2. The van der Waals surface area contributed by atoms with Crippen molar-refractivity contribution in [3.8, 4) is 6.07 Å². The second kappa shape index (κ2) is 8.11. The van der Waals surface area contributed by atoms with Gasteiger partial charge in [0.15, 0.2) is 0 Å². The summed E-state index contributed by atoms with van der Waals surface area (Å²) in [6, 6.07) is 11.8. The fourth-order valence-corrected chi connectivity index (χ4v) is 3.51. The van der Waals surface area contributed by atoms with Crippen molar-refractivity contribution in [1.29, 1.82) is 5.26 Å². The van der Waals surface area contributed by atoms with Crippen LogP contribution in [0.25, 0.3) is 0 Å². The largest absolute Gasteiger partial charge is 0.323 e.